The van der Waals surface area contributed by atoms with Crippen LogP contribution in [0.5, 0.6) is 0 Å². The molecule has 3 N–H and O–H groups in total. The van der Waals surface area contributed by atoms with Crippen molar-refractivity contribution < 1.29 is 24.8 Å². The van der Waals surface area contributed by atoms with Crippen LogP contribution in [0.3, 0.4) is 0 Å². The molecule has 1 saturated heterocycles. The number of aliphatic hydroxyl groups is 3. The third kappa shape index (κ3) is 5.02. The second-order valence-corrected chi connectivity index (χ2v) is 6.83. The van der Waals surface area contributed by atoms with E-state index < -0.39 is 29.9 Å². The van der Waals surface area contributed by atoms with E-state index >= 15 is 0 Å². The van der Waals surface area contributed by atoms with Crippen molar-refractivity contribution in [3.63, 3.8) is 0 Å². The second kappa shape index (κ2) is 10.0. The standard InChI is InChI=1S/C14H27NO5S2/c1-4-7-19-12-11(18)10(17)9(8-16)20-13(12)22-14(21)15(5-2)6-3/h9-13,16-18H,4-8H2,1-3H3. The minimum Gasteiger partial charge on any atom is -0.394 e. The quantitative estimate of drug-likeness (QED) is 0.574. The van der Waals surface area contributed by atoms with E-state index in [9.17, 15) is 15.3 Å². The first-order valence-electron chi connectivity index (χ1n) is 7.69. The molecule has 0 radical (unpaired) electrons. The topological polar surface area (TPSA) is 82.4 Å². The number of ether oxygens (including phenoxy) is 2. The molecule has 1 rings (SSSR count). The van der Waals surface area contributed by atoms with Crippen molar-refractivity contribution in [2.24, 2.45) is 0 Å². The Morgan fingerprint density at radius 3 is 2.36 bits per heavy atom. The first-order chi connectivity index (χ1) is 10.5. The molecule has 130 valence electrons. The number of hydrogen-bond acceptors (Lipinski definition) is 7. The number of thioether (sulfide) groups is 1. The van der Waals surface area contributed by atoms with Crippen LogP contribution in [0.15, 0.2) is 0 Å². The number of thiocarbonyl (C=S) groups is 1. The van der Waals surface area contributed by atoms with Gasteiger partial charge in [0.2, 0.25) is 0 Å². The molecule has 0 saturated carbocycles. The summed E-state index contributed by atoms with van der Waals surface area (Å²) in [5, 5.41) is 29.6. The third-order valence-electron chi connectivity index (χ3n) is 3.58. The van der Waals surface area contributed by atoms with Gasteiger partial charge in [-0.2, -0.15) is 0 Å². The fraction of sp³-hybridized carbons (Fsp3) is 0.929. The summed E-state index contributed by atoms with van der Waals surface area (Å²) in [5.74, 6) is 0. The molecule has 1 aliphatic heterocycles. The van der Waals surface area contributed by atoms with Crippen molar-refractivity contribution in [2.45, 2.75) is 57.0 Å². The van der Waals surface area contributed by atoms with Crippen LogP contribution in [-0.4, -0.2) is 80.7 Å². The van der Waals surface area contributed by atoms with E-state index in [0.717, 1.165) is 19.5 Å². The zero-order valence-corrected chi connectivity index (χ0v) is 15.0. The molecule has 0 spiro atoms. The molecule has 6 nitrogen and oxygen atoms in total. The molecule has 0 aromatic rings. The highest BCUT2D eigenvalue weighted by Crippen LogP contribution is 2.32. The summed E-state index contributed by atoms with van der Waals surface area (Å²) >= 11 is 6.70. The Hall–Kier alpha value is 0.0400. The molecule has 0 aromatic carbocycles. The van der Waals surface area contributed by atoms with Gasteiger partial charge < -0.3 is 29.7 Å². The largest absolute Gasteiger partial charge is 0.394 e. The molecular weight excluding hydrogens is 326 g/mol. The lowest BCUT2D eigenvalue weighted by atomic mass is 10.0. The van der Waals surface area contributed by atoms with Gasteiger partial charge in [0.1, 0.15) is 34.2 Å². The van der Waals surface area contributed by atoms with Crippen LogP contribution >= 0.6 is 24.0 Å². The van der Waals surface area contributed by atoms with E-state index in [1.807, 2.05) is 25.7 Å². The fourth-order valence-corrected chi connectivity index (χ4v) is 3.96. The summed E-state index contributed by atoms with van der Waals surface area (Å²) in [7, 11) is 0. The number of rotatable bonds is 7. The SMILES string of the molecule is CCCOC1C(SC(=S)N(CC)CC)OC(CO)C(O)C1O. The van der Waals surface area contributed by atoms with Crippen molar-refractivity contribution in [3.8, 4) is 0 Å². The monoisotopic (exact) mass is 353 g/mol. The zero-order valence-electron chi connectivity index (χ0n) is 13.3. The van der Waals surface area contributed by atoms with Crippen molar-refractivity contribution in [3.05, 3.63) is 0 Å². The number of aliphatic hydroxyl groups excluding tert-OH is 3. The van der Waals surface area contributed by atoms with Crippen LogP contribution in [0.25, 0.3) is 0 Å². The maximum Gasteiger partial charge on any atom is 0.139 e. The first kappa shape index (κ1) is 20.1. The Morgan fingerprint density at radius 2 is 1.86 bits per heavy atom. The number of nitrogens with zero attached hydrogens (tertiary/aromatic N) is 1. The van der Waals surface area contributed by atoms with Crippen LogP contribution in [-0.2, 0) is 9.47 Å². The fourth-order valence-electron chi connectivity index (χ4n) is 2.24. The smallest absolute Gasteiger partial charge is 0.139 e. The minimum atomic E-state index is -1.18. The molecular formula is C14H27NO5S2. The molecule has 22 heavy (non-hydrogen) atoms. The van der Waals surface area contributed by atoms with Gasteiger partial charge in [0.25, 0.3) is 0 Å². The van der Waals surface area contributed by atoms with Crippen molar-refractivity contribution in [1.82, 2.24) is 4.90 Å². The first-order valence-corrected chi connectivity index (χ1v) is 8.98. The Balaban J connectivity index is 2.82. The highest BCUT2D eigenvalue weighted by molar-refractivity contribution is 8.23. The Labute approximate surface area is 141 Å². The summed E-state index contributed by atoms with van der Waals surface area (Å²) in [4.78, 5) is 2.01. The summed E-state index contributed by atoms with van der Waals surface area (Å²) < 4.78 is 12.0. The molecule has 0 aromatic heterocycles. The normalized spacial score (nSPS) is 32.0. The van der Waals surface area contributed by atoms with E-state index in [1.54, 1.807) is 0 Å². The molecule has 5 atom stereocenters. The van der Waals surface area contributed by atoms with E-state index in [-0.39, 0.29) is 6.61 Å². The Morgan fingerprint density at radius 1 is 1.23 bits per heavy atom. The summed E-state index contributed by atoms with van der Waals surface area (Å²) in [6, 6.07) is 0. The van der Waals surface area contributed by atoms with Gasteiger partial charge in [-0.3, -0.25) is 0 Å². The average molecular weight is 354 g/mol. The lowest BCUT2D eigenvalue weighted by Crippen LogP contribution is -2.58. The van der Waals surface area contributed by atoms with Crippen LogP contribution in [0.2, 0.25) is 0 Å². The van der Waals surface area contributed by atoms with Gasteiger partial charge in [-0.05, 0) is 20.3 Å². The van der Waals surface area contributed by atoms with E-state index in [2.05, 4.69) is 0 Å². The Kier molecular flexibility index (Phi) is 9.15. The van der Waals surface area contributed by atoms with Crippen LogP contribution in [0.4, 0.5) is 0 Å². The van der Waals surface area contributed by atoms with Crippen molar-refractivity contribution in [1.29, 1.82) is 0 Å². The van der Waals surface area contributed by atoms with E-state index in [1.165, 1.54) is 11.8 Å². The lowest BCUT2D eigenvalue weighted by molar-refractivity contribution is -0.218. The maximum absolute atomic E-state index is 10.3. The lowest BCUT2D eigenvalue weighted by Gasteiger charge is -2.42. The van der Waals surface area contributed by atoms with Crippen LogP contribution in [0.1, 0.15) is 27.2 Å². The van der Waals surface area contributed by atoms with E-state index in [4.69, 9.17) is 21.7 Å². The van der Waals surface area contributed by atoms with Gasteiger partial charge in [-0.1, -0.05) is 30.9 Å². The molecule has 8 heteroatoms. The zero-order chi connectivity index (χ0) is 16.7. The van der Waals surface area contributed by atoms with Gasteiger partial charge in [-0.25, -0.2) is 0 Å². The molecule has 0 bridgehead atoms. The molecule has 5 unspecified atom stereocenters. The van der Waals surface area contributed by atoms with E-state index in [0.29, 0.717) is 10.9 Å². The molecule has 1 heterocycles. The molecule has 0 amide bonds. The molecule has 1 aliphatic rings. The van der Waals surface area contributed by atoms with Gasteiger partial charge in [0.05, 0.1) is 6.61 Å². The maximum atomic E-state index is 10.3. The summed E-state index contributed by atoms with van der Waals surface area (Å²) in [6.07, 6.45) is -3.02. The van der Waals surface area contributed by atoms with Gasteiger partial charge in [0.15, 0.2) is 0 Å². The highest BCUT2D eigenvalue weighted by Gasteiger charge is 2.45. The second-order valence-electron chi connectivity index (χ2n) is 5.10. The number of hydrogen-bond donors (Lipinski definition) is 3. The minimum absolute atomic E-state index is 0.367. The highest BCUT2D eigenvalue weighted by atomic mass is 32.2. The Bertz CT molecular complexity index is 343. The summed E-state index contributed by atoms with van der Waals surface area (Å²) in [6.45, 7) is 7.64. The van der Waals surface area contributed by atoms with Crippen LogP contribution < -0.4 is 0 Å². The third-order valence-corrected chi connectivity index (χ3v) is 5.20. The summed E-state index contributed by atoms with van der Waals surface area (Å²) in [5.41, 5.74) is -0.560. The van der Waals surface area contributed by atoms with Crippen LogP contribution in [0, 0.1) is 0 Å². The predicted molar refractivity (Wildman–Crippen MR) is 90.9 cm³/mol. The molecule has 0 aliphatic carbocycles. The average Bonchev–Trinajstić information content (AvgIpc) is 2.51. The van der Waals surface area contributed by atoms with Gasteiger partial charge in [-0.15, -0.1) is 0 Å². The van der Waals surface area contributed by atoms with Gasteiger partial charge >= 0.3 is 0 Å². The van der Waals surface area contributed by atoms with Crippen molar-refractivity contribution in [2.75, 3.05) is 26.3 Å². The molecule has 1 fully saturated rings. The van der Waals surface area contributed by atoms with Gasteiger partial charge in [0, 0.05) is 19.7 Å². The predicted octanol–water partition coefficient (Wildman–Crippen LogP) is 0.580. The van der Waals surface area contributed by atoms with Crippen molar-refractivity contribution >= 4 is 28.3 Å².